The minimum atomic E-state index is -0.127. The van der Waals surface area contributed by atoms with Crippen LogP contribution < -0.4 is 0 Å². The fourth-order valence-corrected chi connectivity index (χ4v) is 2.61. The van der Waals surface area contributed by atoms with Crippen LogP contribution in [0.2, 0.25) is 0 Å². The fourth-order valence-electron chi connectivity index (χ4n) is 2.39. The fraction of sp³-hybridized carbons (Fsp3) is 0.917. The van der Waals surface area contributed by atoms with Crippen LogP contribution in [0.4, 0.5) is 0 Å². The molecule has 1 aliphatic rings. The monoisotopic (exact) mass is 216 g/mol. The van der Waals surface area contributed by atoms with Gasteiger partial charge in [-0.05, 0) is 48.6 Å². The predicted molar refractivity (Wildman–Crippen MR) is 60.4 cm³/mol. The summed E-state index contributed by atoms with van der Waals surface area (Å²) in [5.74, 6) is 0.917. The number of halogens is 1. The third-order valence-electron chi connectivity index (χ3n) is 4.06. The van der Waals surface area contributed by atoms with Crippen LogP contribution >= 0.6 is 11.6 Å². The normalized spacial score (nSPS) is 28.9. The molecule has 0 aromatic rings. The minimum Gasteiger partial charge on any atom is -0.281 e. The molecule has 0 bridgehead atoms. The van der Waals surface area contributed by atoms with E-state index < -0.39 is 0 Å². The lowest BCUT2D eigenvalue weighted by Crippen LogP contribution is -2.29. The number of rotatable bonds is 3. The van der Waals surface area contributed by atoms with Crippen molar-refractivity contribution < 1.29 is 4.79 Å². The van der Waals surface area contributed by atoms with Gasteiger partial charge in [-0.1, -0.05) is 27.2 Å². The van der Waals surface area contributed by atoms with E-state index in [2.05, 4.69) is 20.8 Å². The van der Waals surface area contributed by atoms with Crippen LogP contribution in [-0.4, -0.2) is 5.24 Å². The number of hydrogen-bond donors (Lipinski definition) is 0. The third kappa shape index (κ3) is 2.73. The molecule has 0 aromatic carbocycles. The Morgan fingerprint density at radius 3 is 2.14 bits per heavy atom. The summed E-state index contributed by atoms with van der Waals surface area (Å²) in [4.78, 5) is 11.0. The number of carbonyl (C=O) groups is 1. The van der Waals surface area contributed by atoms with E-state index in [-0.39, 0.29) is 11.2 Å². The van der Waals surface area contributed by atoms with E-state index in [0.717, 1.165) is 18.8 Å². The second kappa shape index (κ2) is 4.65. The Balaban J connectivity index is 2.47. The van der Waals surface area contributed by atoms with E-state index in [1.54, 1.807) is 0 Å². The zero-order chi connectivity index (χ0) is 10.8. The minimum absolute atomic E-state index is 0.127. The van der Waals surface area contributed by atoms with E-state index in [0.29, 0.717) is 5.41 Å². The van der Waals surface area contributed by atoms with Crippen molar-refractivity contribution in [3.05, 3.63) is 0 Å². The molecule has 2 heteroatoms. The molecule has 0 saturated heterocycles. The van der Waals surface area contributed by atoms with Crippen molar-refractivity contribution in [2.45, 2.75) is 52.9 Å². The summed E-state index contributed by atoms with van der Waals surface area (Å²) in [5, 5.41) is -0.127. The van der Waals surface area contributed by atoms with Crippen molar-refractivity contribution in [3.8, 4) is 0 Å². The summed E-state index contributed by atoms with van der Waals surface area (Å²) in [6, 6.07) is 0. The zero-order valence-electron chi connectivity index (χ0n) is 9.48. The molecule has 0 heterocycles. The van der Waals surface area contributed by atoms with Gasteiger partial charge in [0.2, 0.25) is 5.24 Å². The van der Waals surface area contributed by atoms with Crippen LogP contribution in [0.15, 0.2) is 0 Å². The third-order valence-corrected chi connectivity index (χ3v) is 4.37. The molecule has 82 valence electrons. The van der Waals surface area contributed by atoms with Crippen LogP contribution in [0.25, 0.3) is 0 Å². The van der Waals surface area contributed by atoms with Crippen LogP contribution in [-0.2, 0) is 4.79 Å². The Morgan fingerprint density at radius 1 is 1.29 bits per heavy atom. The summed E-state index contributed by atoms with van der Waals surface area (Å²) in [6.07, 6.45) is 5.55. The van der Waals surface area contributed by atoms with Crippen molar-refractivity contribution in [1.29, 1.82) is 0 Å². The highest BCUT2D eigenvalue weighted by Crippen LogP contribution is 2.42. The molecule has 0 N–H and O–H groups in total. The van der Waals surface area contributed by atoms with Gasteiger partial charge in [-0.15, -0.1) is 0 Å². The van der Waals surface area contributed by atoms with Crippen molar-refractivity contribution in [3.63, 3.8) is 0 Å². The first-order chi connectivity index (χ1) is 6.47. The maximum atomic E-state index is 11.0. The molecule has 1 fully saturated rings. The van der Waals surface area contributed by atoms with Gasteiger partial charge in [0.25, 0.3) is 0 Å². The molecule has 0 atom stereocenters. The largest absolute Gasteiger partial charge is 0.281 e. The SMILES string of the molecule is CCC(C)(C)C1CCC(C(=O)Cl)CC1. The van der Waals surface area contributed by atoms with Crippen LogP contribution in [0.1, 0.15) is 52.9 Å². The molecule has 0 aliphatic heterocycles. The summed E-state index contributed by atoms with van der Waals surface area (Å²) < 4.78 is 0. The van der Waals surface area contributed by atoms with Crippen LogP contribution in [0, 0.1) is 17.3 Å². The Hall–Kier alpha value is -0.0400. The maximum Gasteiger partial charge on any atom is 0.224 e. The lowest BCUT2D eigenvalue weighted by Gasteiger charge is -2.38. The van der Waals surface area contributed by atoms with Gasteiger partial charge in [0.1, 0.15) is 0 Å². The maximum absolute atomic E-state index is 11.0. The topological polar surface area (TPSA) is 17.1 Å². The van der Waals surface area contributed by atoms with Gasteiger partial charge in [0, 0.05) is 5.92 Å². The summed E-state index contributed by atoms with van der Waals surface area (Å²) in [5.41, 5.74) is 0.431. The van der Waals surface area contributed by atoms with E-state index >= 15 is 0 Å². The smallest absolute Gasteiger partial charge is 0.224 e. The van der Waals surface area contributed by atoms with Gasteiger partial charge < -0.3 is 0 Å². The summed E-state index contributed by atoms with van der Waals surface area (Å²) in [7, 11) is 0. The van der Waals surface area contributed by atoms with E-state index in [1.807, 2.05) is 0 Å². The first-order valence-electron chi connectivity index (χ1n) is 5.66. The number of hydrogen-bond acceptors (Lipinski definition) is 1. The summed E-state index contributed by atoms with van der Waals surface area (Å²) >= 11 is 5.51. The predicted octanol–water partition coefficient (Wildman–Crippen LogP) is 3.99. The zero-order valence-corrected chi connectivity index (χ0v) is 10.2. The second-order valence-electron chi connectivity index (χ2n) is 5.19. The van der Waals surface area contributed by atoms with E-state index in [4.69, 9.17) is 11.6 Å². The quantitative estimate of drug-likeness (QED) is 0.652. The standard InChI is InChI=1S/C12H21ClO/c1-4-12(2,3)10-7-5-9(6-8-10)11(13)14/h9-10H,4-8H2,1-3H3. The van der Waals surface area contributed by atoms with Crippen molar-refractivity contribution in [2.75, 3.05) is 0 Å². The number of carbonyl (C=O) groups excluding carboxylic acids is 1. The van der Waals surface area contributed by atoms with Gasteiger partial charge in [-0.3, -0.25) is 4.79 Å². The Morgan fingerprint density at radius 2 is 1.79 bits per heavy atom. The van der Waals surface area contributed by atoms with Crippen molar-refractivity contribution >= 4 is 16.8 Å². The van der Waals surface area contributed by atoms with Gasteiger partial charge >= 0.3 is 0 Å². The Labute approximate surface area is 92.2 Å². The molecule has 0 spiro atoms. The molecule has 0 unspecified atom stereocenters. The van der Waals surface area contributed by atoms with Crippen molar-refractivity contribution in [1.82, 2.24) is 0 Å². The van der Waals surface area contributed by atoms with E-state index in [9.17, 15) is 4.79 Å². The van der Waals surface area contributed by atoms with Gasteiger partial charge in [-0.2, -0.15) is 0 Å². The highest BCUT2D eigenvalue weighted by molar-refractivity contribution is 6.63. The van der Waals surface area contributed by atoms with Crippen LogP contribution in [0.3, 0.4) is 0 Å². The lowest BCUT2D eigenvalue weighted by molar-refractivity contribution is -0.116. The molecule has 1 aliphatic carbocycles. The second-order valence-corrected chi connectivity index (χ2v) is 5.57. The lowest BCUT2D eigenvalue weighted by atomic mass is 9.68. The molecule has 1 nitrogen and oxygen atoms in total. The van der Waals surface area contributed by atoms with Gasteiger partial charge in [-0.25, -0.2) is 0 Å². The Kier molecular flexibility index (Phi) is 4.00. The highest BCUT2D eigenvalue weighted by Gasteiger charge is 2.33. The molecule has 14 heavy (non-hydrogen) atoms. The van der Waals surface area contributed by atoms with Gasteiger partial charge in [0.15, 0.2) is 0 Å². The van der Waals surface area contributed by atoms with Crippen molar-refractivity contribution in [2.24, 2.45) is 17.3 Å². The van der Waals surface area contributed by atoms with Gasteiger partial charge in [0.05, 0.1) is 0 Å². The molecule has 0 radical (unpaired) electrons. The molecule has 1 saturated carbocycles. The molecule has 0 aromatic heterocycles. The molecular weight excluding hydrogens is 196 g/mol. The first kappa shape index (κ1) is 12.0. The average Bonchev–Trinajstić information content (AvgIpc) is 2.18. The first-order valence-corrected chi connectivity index (χ1v) is 6.04. The average molecular weight is 217 g/mol. The molecule has 1 rings (SSSR count). The Bertz CT molecular complexity index is 202. The van der Waals surface area contributed by atoms with E-state index in [1.165, 1.54) is 19.3 Å². The highest BCUT2D eigenvalue weighted by atomic mass is 35.5. The molecule has 0 amide bonds. The van der Waals surface area contributed by atoms with Crippen LogP contribution in [0.5, 0.6) is 0 Å². The molecular formula is C12H21ClO. The summed E-state index contributed by atoms with van der Waals surface area (Å²) in [6.45, 7) is 6.92.